The number of allylic oxidation sites excluding steroid dienone is 2. The molecule has 0 aliphatic heterocycles. The van der Waals surface area contributed by atoms with Crippen molar-refractivity contribution in [1.82, 2.24) is 0 Å². The van der Waals surface area contributed by atoms with E-state index < -0.39 is 0 Å². The van der Waals surface area contributed by atoms with E-state index in [-0.39, 0.29) is 11.9 Å². The normalized spacial score (nSPS) is 12.0. The second-order valence-electron chi connectivity index (χ2n) is 11.9. The summed E-state index contributed by atoms with van der Waals surface area (Å²) in [4.78, 5) is 13.1. The molecule has 0 radical (unpaired) electrons. The van der Waals surface area contributed by atoms with E-state index in [1.807, 2.05) is 43.3 Å². The zero-order valence-electron chi connectivity index (χ0n) is 26.3. The molecule has 1 atom stereocenters. The lowest BCUT2D eigenvalue weighted by molar-refractivity contribution is -0.146. The molecule has 3 nitrogen and oxygen atoms in total. The molecule has 0 aliphatic carbocycles. The number of fused-ring (bicyclic) bond motifs is 1. The van der Waals surface area contributed by atoms with E-state index in [4.69, 9.17) is 9.47 Å². The highest BCUT2D eigenvalue weighted by Gasteiger charge is 2.19. The summed E-state index contributed by atoms with van der Waals surface area (Å²) in [5.74, 6) is 0.928. The number of ether oxygens (including phenoxy) is 2. The van der Waals surface area contributed by atoms with E-state index in [1.165, 1.54) is 89.9 Å². The standard InChI is InChI=1S/C38H58O3/c1-5-7-9-11-13-15-17-19-21-23-33(24-22-20-18-16-14-12-10-8-6-2)31-41-38(39)32(3)34-25-26-36-30-37(40-4)28-27-35(36)29-34/h5-6,25-30,32-33H,1-2,7-24,31H2,3-4H3. The second-order valence-corrected chi connectivity index (χ2v) is 11.9. The summed E-state index contributed by atoms with van der Waals surface area (Å²) in [6.07, 6.45) is 26.9. The van der Waals surface area contributed by atoms with Crippen molar-refractivity contribution in [3.8, 4) is 5.75 Å². The van der Waals surface area contributed by atoms with Gasteiger partial charge in [-0.2, -0.15) is 0 Å². The fourth-order valence-electron chi connectivity index (χ4n) is 5.62. The molecule has 0 amide bonds. The molecule has 2 aromatic rings. The van der Waals surface area contributed by atoms with Gasteiger partial charge in [-0.25, -0.2) is 0 Å². The van der Waals surface area contributed by atoms with Crippen molar-refractivity contribution in [2.45, 2.75) is 128 Å². The first-order valence-corrected chi connectivity index (χ1v) is 16.5. The first-order chi connectivity index (χ1) is 20.1. The van der Waals surface area contributed by atoms with Crippen LogP contribution in [0.25, 0.3) is 10.8 Å². The summed E-state index contributed by atoms with van der Waals surface area (Å²) in [7, 11) is 1.68. The molecule has 2 aromatic carbocycles. The van der Waals surface area contributed by atoms with Crippen molar-refractivity contribution in [2.24, 2.45) is 5.92 Å². The van der Waals surface area contributed by atoms with Crippen LogP contribution in [0.5, 0.6) is 5.75 Å². The molecule has 0 fully saturated rings. The predicted molar refractivity (Wildman–Crippen MR) is 177 cm³/mol. The lowest BCUT2D eigenvalue weighted by Gasteiger charge is -2.19. The zero-order chi connectivity index (χ0) is 29.5. The summed E-state index contributed by atoms with van der Waals surface area (Å²) >= 11 is 0. The van der Waals surface area contributed by atoms with Gasteiger partial charge < -0.3 is 9.47 Å². The van der Waals surface area contributed by atoms with Crippen LogP contribution >= 0.6 is 0 Å². The fraction of sp³-hybridized carbons (Fsp3) is 0.605. The lowest BCUT2D eigenvalue weighted by Crippen LogP contribution is -2.19. The molecule has 41 heavy (non-hydrogen) atoms. The maximum Gasteiger partial charge on any atom is 0.313 e. The monoisotopic (exact) mass is 562 g/mol. The Hall–Kier alpha value is -2.55. The number of carbonyl (C=O) groups is 1. The molecule has 2 rings (SSSR count). The topological polar surface area (TPSA) is 35.5 Å². The highest BCUT2D eigenvalue weighted by molar-refractivity contribution is 5.86. The van der Waals surface area contributed by atoms with Crippen molar-refractivity contribution >= 4 is 16.7 Å². The molecule has 0 bridgehead atoms. The van der Waals surface area contributed by atoms with Crippen LogP contribution in [-0.2, 0) is 9.53 Å². The maximum atomic E-state index is 13.1. The van der Waals surface area contributed by atoms with Gasteiger partial charge in [0.2, 0.25) is 0 Å². The minimum atomic E-state index is -0.274. The van der Waals surface area contributed by atoms with Crippen LogP contribution in [0.3, 0.4) is 0 Å². The predicted octanol–water partition coefficient (Wildman–Crippen LogP) is 11.5. The third-order valence-corrected chi connectivity index (χ3v) is 8.43. The van der Waals surface area contributed by atoms with E-state index in [2.05, 4.69) is 25.3 Å². The summed E-state index contributed by atoms with van der Waals surface area (Å²) in [5, 5.41) is 2.23. The van der Waals surface area contributed by atoms with Crippen molar-refractivity contribution in [3.63, 3.8) is 0 Å². The summed E-state index contributed by atoms with van der Waals surface area (Å²) < 4.78 is 11.3. The van der Waals surface area contributed by atoms with Gasteiger partial charge in [-0.05, 0) is 79.8 Å². The molecular formula is C38H58O3. The minimum absolute atomic E-state index is 0.109. The Labute approximate surface area is 251 Å². The van der Waals surface area contributed by atoms with E-state index in [0.717, 1.165) is 47.8 Å². The number of carbonyl (C=O) groups excluding carboxylic acids is 1. The molecule has 228 valence electrons. The Kier molecular flexibility index (Phi) is 18.7. The molecular weight excluding hydrogens is 504 g/mol. The Morgan fingerprint density at radius 3 is 1.73 bits per heavy atom. The molecule has 1 unspecified atom stereocenters. The number of hydrogen-bond acceptors (Lipinski definition) is 3. The number of rotatable bonds is 25. The highest BCUT2D eigenvalue weighted by atomic mass is 16.5. The first kappa shape index (κ1) is 34.7. The van der Waals surface area contributed by atoms with Gasteiger partial charge in [0.25, 0.3) is 0 Å². The third kappa shape index (κ3) is 14.8. The van der Waals surface area contributed by atoms with Gasteiger partial charge in [-0.15, -0.1) is 13.2 Å². The van der Waals surface area contributed by atoms with E-state index in [1.54, 1.807) is 7.11 Å². The van der Waals surface area contributed by atoms with Crippen molar-refractivity contribution in [2.75, 3.05) is 13.7 Å². The van der Waals surface area contributed by atoms with Crippen LogP contribution in [0.1, 0.15) is 134 Å². The van der Waals surface area contributed by atoms with Gasteiger partial charge in [-0.1, -0.05) is 113 Å². The van der Waals surface area contributed by atoms with Crippen LogP contribution in [-0.4, -0.2) is 19.7 Å². The summed E-state index contributed by atoms with van der Waals surface area (Å²) in [6.45, 7) is 10.1. The summed E-state index contributed by atoms with van der Waals surface area (Å²) in [6, 6.07) is 12.3. The zero-order valence-corrected chi connectivity index (χ0v) is 26.3. The van der Waals surface area contributed by atoms with Crippen LogP contribution in [0.2, 0.25) is 0 Å². The molecule has 0 aromatic heterocycles. The van der Waals surface area contributed by atoms with Crippen LogP contribution in [0, 0.1) is 5.92 Å². The Balaban J connectivity index is 1.79. The number of hydrogen-bond donors (Lipinski definition) is 0. The van der Waals surface area contributed by atoms with Crippen molar-refractivity contribution < 1.29 is 14.3 Å². The quantitative estimate of drug-likeness (QED) is 0.0686. The van der Waals surface area contributed by atoms with Crippen molar-refractivity contribution in [1.29, 1.82) is 0 Å². The maximum absolute atomic E-state index is 13.1. The fourth-order valence-corrected chi connectivity index (χ4v) is 5.62. The molecule has 0 spiro atoms. The van der Waals surface area contributed by atoms with Gasteiger partial charge in [0.15, 0.2) is 0 Å². The van der Waals surface area contributed by atoms with Gasteiger partial charge in [0, 0.05) is 0 Å². The van der Waals surface area contributed by atoms with Crippen molar-refractivity contribution in [3.05, 3.63) is 67.3 Å². The summed E-state index contributed by atoms with van der Waals surface area (Å²) in [5.41, 5.74) is 1.00. The van der Waals surface area contributed by atoms with Gasteiger partial charge in [0.1, 0.15) is 5.75 Å². The van der Waals surface area contributed by atoms with Crippen LogP contribution in [0.15, 0.2) is 61.7 Å². The molecule has 3 heteroatoms. The smallest absolute Gasteiger partial charge is 0.313 e. The average molecular weight is 563 g/mol. The SMILES string of the molecule is C=CCCCCCCCCCC(CCCCCCCCCC=C)COC(=O)C(C)c1ccc2cc(OC)ccc2c1. The third-order valence-electron chi connectivity index (χ3n) is 8.43. The number of esters is 1. The van der Waals surface area contributed by atoms with Gasteiger partial charge >= 0.3 is 5.97 Å². The lowest BCUT2D eigenvalue weighted by atomic mass is 9.94. The number of methoxy groups -OCH3 is 1. The van der Waals surface area contributed by atoms with Gasteiger partial charge in [-0.3, -0.25) is 4.79 Å². The molecule has 0 heterocycles. The Bertz CT molecular complexity index is 968. The molecule has 0 aliphatic rings. The molecule has 0 saturated heterocycles. The number of benzene rings is 2. The van der Waals surface area contributed by atoms with E-state index in [0.29, 0.717) is 12.5 Å². The number of unbranched alkanes of at least 4 members (excludes halogenated alkanes) is 14. The van der Waals surface area contributed by atoms with Gasteiger partial charge in [0.05, 0.1) is 19.6 Å². The van der Waals surface area contributed by atoms with Crippen LogP contribution < -0.4 is 4.74 Å². The average Bonchev–Trinajstić information content (AvgIpc) is 3.00. The van der Waals surface area contributed by atoms with E-state index >= 15 is 0 Å². The minimum Gasteiger partial charge on any atom is -0.497 e. The largest absolute Gasteiger partial charge is 0.497 e. The molecule has 0 saturated carbocycles. The Morgan fingerprint density at radius 2 is 1.20 bits per heavy atom. The first-order valence-electron chi connectivity index (χ1n) is 16.5. The molecule has 0 N–H and O–H groups in total. The van der Waals surface area contributed by atoms with Crippen LogP contribution in [0.4, 0.5) is 0 Å². The Morgan fingerprint density at radius 1 is 0.707 bits per heavy atom. The highest BCUT2D eigenvalue weighted by Crippen LogP contribution is 2.27. The van der Waals surface area contributed by atoms with E-state index in [9.17, 15) is 4.79 Å². The second kappa shape index (κ2) is 22.1.